The van der Waals surface area contributed by atoms with Crippen molar-refractivity contribution in [3.8, 4) is 5.69 Å². The maximum Gasteiger partial charge on any atom is 0.341 e. The minimum absolute atomic E-state index is 0.122. The average Bonchev–Trinajstić information content (AvgIpc) is 3.10. The van der Waals surface area contributed by atoms with Gasteiger partial charge in [-0.25, -0.2) is 13.1 Å². The van der Waals surface area contributed by atoms with Crippen LogP contribution < -0.4 is 5.32 Å². The summed E-state index contributed by atoms with van der Waals surface area (Å²) in [6.45, 7) is 0.204. The lowest BCUT2D eigenvalue weighted by molar-refractivity contribution is 0.235. The predicted octanol–water partition coefficient (Wildman–Crippen LogP) is 3.48. The molecule has 0 bridgehead atoms. The second kappa shape index (κ2) is 7.02. The monoisotopic (exact) mass is 363 g/mol. The van der Waals surface area contributed by atoms with Gasteiger partial charge in [0.2, 0.25) is 9.84 Å². The normalized spacial score (nSPS) is 11.6. The number of alkyl halides is 2. The molecule has 0 aliphatic rings. The molecule has 0 amide bonds. The first-order chi connectivity index (χ1) is 12.0. The Morgan fingerprint density at radius 1 is 1.00 bits per heavy atom. The zero-order valence-corrected chi connectivity index (χ0v) is 13.8. The summed E-state index contributed by atoms with van der Waals surface area (Å²) in [5.74, 6) is -3.47. The molecule has 3 rings (SSSR count). The Morgan fingerprint density at radius 2 is 1.68 bits per heavy atom. The highest BCUT2D eigenvalue weighted by Crippen LogP contribution is 2.26. The van der Waals surface area contributed by atoms with E-state index in [1.165, 1.54) is 12.1 Å². The molecule has 1 heterocycles. The second-order valence-corrected chi connectivity index (χ2v) is 7.13. The molecule has 0 spiro atoms. The van der Waals surface area contributed by atoms with Gasteiger partial charge >= 0.3 is 5.76 Å². The van der Waals surface area contributed by atoms with E-state index in [1.54, 1.807) is 23.0 Å². The van der Waals surface area contributed by atoms with Crippen LogP contribution in [0.3, 0.4) is 0 Å². The largest absolute Gasteiger partial charge is 0.378 e. The predicted molar refractivity (Wildman–Crippen MR) is 90.5 cm³/mol. The number of nitrogens with one attached hydrogen (secondary N) is 1. The quantitative estimate of drug-likeness (QED) is 0.728. The highest BCUT2D eigenvalue weighted by Gasteiger charge is 2.28. The molecule has 0 saturated carbocycles. The highest BCUT2D eigenvalue weighted by atomic mass is 32.2. The first-order valence-electron chi connectivity index (χ1n) is 7.43. The molecule has 0 atom stereocenters. The zero-order chi connectivity index (χ0) is 17.9. The number of rotatable bonds is 6. The number of para-hydroxylation sites is 2. The summed E-state index contributed by atoms with van der Waals surface area (Å²) in [5.41, 5.74) is 1.65. The van der Waals surface area contributed by atoms with Crippen LogP contribution in [0.4, 0.5) is 14.5 Å². The van der Waals surface area contributed by atoms with Gasteiger partial charge in [0.25, 0.3) is 0 Å². The van der Waals surface area contributed by atoms with Crippen LogP contribution in [-0.2, 0) is 16.4 Å². The second-order valence-electron chi connectivity index (χ2n) is 5.24. The van der Waals surface area contributed by atoms with Crippen molar-refractivity contribution in [1.82, 2.24) is 9.78 Å². The minimum Gasteiger partial charge on any atom is -0.378 e. The third-order valence-electron chi connectivity index (χ3n) is 3.55. The Kier molecular flexibility index (Phi) is 4.80. The van der Waals surface area contributed by atoms with Crippen LogP contribution in [0, 0.1) is 0 Å². The first kappa shape index (κ1) is 17.1. The number of hydrogen-bond acceptors (Lipinski definition) is 4. The Bertz CT molecular complexity index is 957. The van der Waals surface area contributed by atoms with E-state index in [1.807, 2.05) is 30.3 Å². The number of sulfone groups is 1. The summed E-state index contributed by atoms with van der Waals surface area (Å²) in [7, 11) is -4.67. The molecule has 130 valence electrons. The maximum absolute atomic E-state index is 12.8. The Morgan fingerprint density at radius 3 is 2.40 bits per heavy atom. The summed E-state index contributed by atoms with van der Waals surface area (Å²) < 4.78 is 50.8. The Labute approximate surface area is 143 Å². The lowest BCUT2D eigenvalue weighted by Gasteiger charge is -2.11. The fourth-order valence-corrected chi connectivity index (χ4v) is 3.23. The van der Waals surface area contributed by atoms with Gasteiger partial charge in [-0.15, -0.1) is 0 Å². The molecular weight excluding hydrogens is 348 g/mol. The van der Waals surface area contributed by atoms with Crippen LogP contribution >= 0.6 is 0 Å². The molecule has 25 heavy (non-hydrogen) atoms. The molecular formula is C17H15F2N3O2S. The van der Waals surface area contributed by atoms with Crippen molar-refractivity contribution in [3.63, 3.8) is 0 Å². The van der Waals surface area contributed by atoms with Gasteiger partial charge in [0.1, 0.15) is 0 Å². The van der Waals surface area contributed by atoms with Crippen LogP contribution in [0.15, 0.2) is 71.8 Å². The van der Waals surface area contributed by atoms with Gasteiger partial charge in [0.15, 0.2) is 0 Å². The molecule has 0 aliphatic heterocycles. The number of anilines is 1. The van der Waals surface area contributed by atoms with Crippen LogP contribution in [0.5, 0.6) is 0 Å². The topological polar surface area (TPSA) is 64.0 Å². The minimum atomic E-state index is -4.67. The summed E-state index contributed by atoms with van der Waals surface area (Å²) >= 11 is 0. The Hall–Kier alpha value is -2.74. The maximum atomic E-state index is 12.8. The van der Waals surface area contributed by atoms with E-state index < -0.39 is 20.5 Å². The molecule has 2 aromatic carbocycles. The SMILES string of the molecule is O=S(=O)(c1ccccc1NCc1ccn(-c2ccccc2)n1)C(F)F. The molecule has 0 radical (unpaired) electrons. The molecule has 0 aliphatic carbocycles. The number of nitrogens with zero attached hydrogens (tertiary/aromatic N) is 2. The van der Waals surface area contributed by atoms with Gasteiger partial charge in [0.05, 0.1) is 28.5 Å². The van der Waals surface area contributed by atoms with Crippen molar-refractivity contribution in [2.45, 2.75) is 17.2 Å². The van der Waals surface area contributed by atoms with Crippen molar-refractivity contribution < 1.29 is 17.2 Å². The fraction of sp³-hybridized carbons (Fsp3) is 0.118. The van der Waals surface area contributed by atoms with E-state index in [2.05, 4.69) is 10.4 Å². The van der Waals surface area contributed by atoms with E-state index in [-0.39, 0.29) is 12.2 Å². The van der Waals surface area contributed by atoms with Crippen LogP contribution in [-0.4, -0.2) is 24.0 Å². The number of halogens is 2. The first-order valence-corrected chi connectivity index (χ1v) is 8.98. The Balaban J connectivity index is 1.79. The van der Waals surface area contributed by atoms with Gasteiger partial charge in [-0.05, 0) is 30.3 Å². The summed E-state index contributed by atoms with van der Waals surface area (Å²) in [6, 6.07) is 16.8. The van der Waals surface area contributed by atoms with Crippen molar-refractivity contribution in [1.29, 1.82) is 0 Å². The van der Waals surface area contributed by atoms with Gasteiger partial charge in [-0.3, -0.25) is 0 Å². The van der Waals surface area contributed by atoms with Crippen LogP contribution in [0.2, 0.25) is 0 Å². The van der Waals surface area contributed by atoms with Crippen molar-refractivity contribution in [3.05, 3.63) is 72.6 Å². The van der Waals surface area contributed by atoms with Crippen molar-refractivity contribution in [2.24, 2.45) is 0 Å². The average molecular weight is 363 g/mol. The van der Waals surface area contributed by atoms with E-state index in [4.69, 9.17) is 0 Å². The standard InChI is InChI=1S/C17H15F2N3O2S/c18-17(19)25(23,24)16-9-5-4-8-15(16)20-12-13-10-11-22(21-13)14-6-2-1-3-7-14/h1-11,17,20H,12H2. The zero-order valence-electron chi connectivity index (χ0n) is 13.0. The van der Waals surface area contributed by atoms with Crippen molar-refractivity contribution in [2.75, 3.05) is 5.32 Å². The molecule has 8 heteroatoms. The fourth-order valence-electron chi connectivity index (χ4n) is 2.32. The van der Waals surface area contributed by atoms with Gasteiger partial charge < -0.3 is 5.32 Å². The summed E-state index contributed by atoms with van der Waals surface area (Å²) in [6.07, 6.45) is 1.77. The molecule has 0 unspecified atom stereocenters. The molecule has 1 N–H and O–H groups in total. The number of benzene rings is 2. The molecule has 3 aromatic rings. The van der Waals surface area contributed by atoms with E-state index in [0.717, 1.165) is 11.8 Å². The highest BCUT2D eigenvalue weighted by molar-refractivity contribution is 7.91. The lowest BCUT2D eigenvalue weighted by atomic mass is 10.3. The van der Waals surface area contributed by atoms with Crippen molar-refractivity contribution >= 4 is 15.5 Å². The van der Waals surface area contributed by atoms with Gasteiger partial charge in [-0.2, -0.15) is 13.9 Å². The number of aromatic nitrogens is 2. The third kappa shape index (κ3) is 3.69. The van der Waals surface area contributed by atoms with Gasteiger partial charge in [-0.1, -0.05) is 30.3 Å². The lowest BCUT2D eigenvalue weighted by Crippen LogP contribution is -2.14. The van der Waals surface area contributed by atoms with E-state index in [9.17, 15) is 17.2 Å². The molecule has 1 aromatic heterocycles. The third-order valence-corrected chi connectivity index (χ3v) is 4.99. The summed E-state index contributed by atoms with van der Waals surface area (Å²) in [4.78, 5) is -0.424. The van der Waals surface area contributed by atoms with Crippen LogP contribution in [0.25, 0.3) is 5.69 Å². The van der Waals surface area contributed by atoms with E-state index >= 15 is 0 Å². The van der Waals surface area contributed by atoms with Gasteiger partial charge in [0, 0.05) is 6.20 Å². The smallest absolute Gasteiger partial charge is 0.341 e. The molecule has 0 saturated heterocycles. The summed E-state index contributed by atoms with van der Waals surface area (Å²) in [5, 5.41) is 7.25. The molecule has 0 fully saturated rings. The van der Waals surface area contributed by atoms with E-state index in [0.29, 0.717) is 5.69 Å². The van der Waals surface area contributed by atoms with Crippen LogP contribution in [0.1, 0.15) is 5.69 Å². The number of hydrogen-bond donors (Lipinski definition) is 1. The molecule has 5 nitrogen and oxygen atoms in total.